The summed E-state index contributed by atoms with van der Waals surface area (Å²) in [5, 5.41) is 0. The number of para-hydroxylation sites is 2. The molecule has 1 aliphatic rings. The number of benzene rings is 2. The summed E-state index contributed by atoms with van der Waals surface area (Å²) in [6.07, 6.45) is 0. The number of carbonyl (C=O) groups is 2. The van der Waals surface area contributed by atoms with Crippen molar-refractivity contribution in [3.05, 3.63) is 81.9 Å². The number of aromatic nitrogens is 2. The number of piperazine rings is 1. The van der Waals surface area contributed by atoms with E-state index in [0.29, 0.717) is 0 Å². The fraction of sp³-hybridized carbons (Fsp3) is 0.286. The molecule has 0 N–H and O–H groups in total. The molecule has 10 heteroatoms. The molecule has 8 nitrogen and oxygen atoms in total. The number of rotatable bonds is 8. The van der Waals surface area contributed by atoms with Crippen molar-refractivity contribution in [2.75, 3.05) is 36.0 Å². The molecule has 0 aliphatic carbocycles. The van der Waals surface area contributed by atoms with Crippen LogP contribution in [0.3, 0.4) is 0 Å². The van der Waals surface area contributed by atoms with E-state index in [4.69, 9.17) is 9.97 Å². The number of nitrogens with zero attached hydrogens (tertiary/aromatic N) is 6. The first-order valence-electron chi connectivity index (χ1n) is 12.5. The third-order valence-corrected chi connectivity index (χ3v) is 10.0. The van der Waals surface area contributed by atoms with Crippen LogP contribution >= 0.6 is 0 Å². The summed E-state index contributed by atoms with van der Waals surface area (Å²) in [5.74, 6) is -0.0209. The Bertz CT molecular complexity index is 1260. The van der Waals surface area contributed by atoms with E-state index < -0.39 is 0 Å². The van der Waals surface area contributed by atoms with Crippen LogP contribution in [0, 0.1) is 0 Å². The number of hydrogen-bond donors (Lipinski definition) is 0. The summed E-state index contributed by atoms with van der Waals surface area (Å²) in [4.78, 5) is 47.1. The number of amides is 2. The number of hydrogen-bond acceptors (Lipinski definition) is 6. The van der Waals surface area contributed by atoms with Crippen LogP contribution in [-0.4, -0.2) is 86.8 Å². The van der Waals surface area contributed by atoms with Gasteiger partial charge >= 0.3 is 236 Å². The number of anilines is 4. The monoisotopic (exact) mass is 642 g/mol. The van der Waals surface area contributed by atoms with E-state index >= 15 is 0 Å². The summed E-state index contributed by atoms with van der Waals surface area (Å²) >= 11 is 0.0805. The standard InChI is InChI=1S/C28H30N6O2Se2/c1-21(35)33(25-9-5-3-6-10-25)27-29-23(19-37-27)17-31-13-15-32(16-14-31)18-24-20-38-28(30-24)34(22(2)36)26-11-7-4-8-12-26/h3-12,19-20H,13-18H2,1-2H3. The minimum absolute atomic E-state index is 0.0105. The Morgan fingerprint density at radius 3 is 1.39 bits per heavy atom. The first-order valence-corrected chi connectivity index (χ1v) is 16.2. The third kappa shape index (κ3) is 6.41. The quantitative estimate of drug-likeness (QED) is 0.276. The van der Waals surface area contributed by atoms with Crippen LogP contribution in [-0.2, 0) is 22.7 Å². The van der Waals surface area contributed by atoms with Gasteiger partial charge in [0.05, 0.1) is 0 Å². The Kier molecular flexibility index (Phi) is 8.69. The Hall–Kier alpha value is -2.84. The van der Waals surface area contributed by atoms with Gasteiger partial charge in [-0.15, -0.1) is 0 Å². The first-order chi connectivity index (χ1) is 18.5. The molecule has 196 valence electrons. The van der Waals surface area contributed by atoms with Gasteiger partial charge in [0, 0.05) is 0 Å². The fourth-order valence-corrected chi connectivity index (χ4v) is 8.20. The molecule has 2 amide bonds. The molecule has 3 heterocycles. The maximum absolute atomic E-state index is 12.4. The molecule has 2 aromatic carbocycles. The van der Waals surface area contributed by atoms with Gasteiger partial charge in [0.2, 0.25) is 0 Å². The van der Waals surface area contributed by atoms with Crippen molar-refractivity contribution in [3.8, 4) is 0 Å². The Morgan fingerprint density at radius 2 is 1.05 bits per heavy atom. The fourth-order valence-electron chi connectivity index (χ4n) is 4.51. The van der Waals surface area contributed by atoms with Crippen LogP contribution in [0.2, 0.25) is 0 Å². The van der Waals surface area contributed by atoms with E-state index in [-0.39, 0.29) is 40.8 Å². The Labute approximate surface area is 235 Å². The second-order valence-corrected chi connectivity index (χ2v) is 12.7. The van der Waals surface area contributed by atoms with Gasteiger partial charge in [-0.25, -0.2) is 0 Å². The van der Waals surface area contributed by atoms with Gasteiger partial charge in [0.25, 0.3) is 0 Å². The zero-order chi connectivity index (χ0) is 26.5. The molecule has 0 bridgehead atoms. The van der Waals surface area contributed by atoms with Gasteiger partial charge in [-0.3, -0.25) is 0 Å². The Balaban J connectivity index is 1.16. The van der Waals surface area contributed by atoms with E-state index in [1.54, 1.807) is 23.6 Å². The molecule has 0 spiro atoms. The second kappa shape index (κ2) is 12.3. The predicted molar refractivity (Wildman–Crippen MR) is 151 cm³/mol. The van der Waals surface area contributed by atoms with Crippen molar-refractivity contribution in [1.82, 2.24) is 19.8 Å². The predicted octanol–water partition coefficient (Wildman–Crippen LogP) is 3.28. The van der Waals surface area contributed by atoms with Gasteiger partial charge < -0.3 is 0 Å². The van der Waals surface area contributed by atoms with Crippen LogP contribution in [0.5, 0.6) is 0 Å². The van der Waals surface area contributed by atoms with Crippen LogP contribution in [0.4, 0.5) is 20.8 Å². The molecule has 2 aromatic heterocycles. The van der Waals surface area contributed by atoms with Gasteiger partial charge in [-0.05, 0) is 0 Å². The molecule has 1 saturated heterocycles. The third-order valence-electron chi connectivity index (χ3n) is 6.36. The maximum atomic E-state index is 12.4. The normalized spacial score (nSPS) is 14.4. The van der Waals surface area contributed by atoms with Crippen LogP contribution < -0.4 is 9.80 Å². The molecular weight excluding hydrogens is 610 g/mol. The molecule has 0 atom stereocenters. The van der Waals surface area contributed by atoms with E-state index in [9.17, 15) is 9.59 Å². The zero-order valence-electron chi connectivity index (χ0n) is 21.5. The topological polar surface area (TPSA) is 72.9 Å². The van der Waals surface area contributed by atoms with E-state index in [1.165, 1.54) is 0 Å². The summed E-state index contributed by atoms with van der Waals surface area (Å²) < 4.78 is 1.70. The summed E-state index contributed by atoms with van der Waals surface area (Å²) in [6.45, 7) is 8.64. The molecule has 0 radical (unpaired) electrons. The summed E-state index contributed by atoms with van der Waals surface area (Å²) in [5.41, 5.74) is 3.84. The van der Waals surface area contributed by atoms with Crippen LogP contribution in [0.15, 0.2) is 70.5 Å². The van der Waals surface area contributed by atoms with Crippen molar-refractivity contribution in [3.63, 3.8) is 0 Å². The zero-order valence-corrected chi connectivity index (χ0v) is 24.9. The average molecular weight is 641 g/mol. The van der Waals surface area contributed by atoms with E-state index in [1.807, 2.05) is 60.7 Å². The van der Waals surface area contributed by atoms with Gasteiger partial charge in [0.1, 0.15) is 0 Å². The van der Waals surface area contributed by atoms with Gasteiger partial charge in [0.15, 0.2) is 0 Å². The van der Waals surface area contributed by atoms with Crippen molar-refractivity contribution in [2.45, 2.75) is 26.9 Å². The van der Waals surface area contributed by atoms with Crippen molar-refractivity contribution >= 4 is 61.6 Å². The Morgan fingerprint density at radius 1 is 0.684 bits per heavy atom. The number of carbonyl (C=O) groups excluding carboxylic acids is 2. The summed E-state index contributed by atoms with van der Waals surface area (Å²) in [7, 11) is 0. The molecule has 1 aliphatic heterocycles. The van der Waals surface area contributed by atoms with E-state index in [0.717, 1.165) is 71.4 Å². The minimum atomic E-state index is -0.0105. The van der Waals surface area contributed by atoms with Crippen molar-refractivity contribution < 1.29 is 9.59 Å². The van der Waals surface area contributed by atoms with Gasteiger partial charge in [-0.2, -0.15) is 0 Å². The molecule has 1 fully saturated rings. The first kappa shape index (κ1) is 26.8. The second-order valence-electron chi connectivity index (χ2n) is 9.18. The van der Waals surface area contributed by atoms with Crippen molar-refractivity contribution in [1.29, 1.82) is 0 Å². The SMILES string of the molecule is CC(=O)N(c1ccccc1)c1nc(CN2CCN(Cc3c[se]c(N(C(C)=O)c4ccccc4)n3)CC2)c[se]1. The van der Waals surface area contributed by atoms with Crippen LogP contribution in [0.25, 0.3) is 0 Å². The van der Waals surface area contributed by atoms with Crippen molar-refractivity contribution in [2.24, 2.45) is 0 Å². The molecule has 38 heavy (non-hydrogen) atoms. The molecule has 0 saturated carbocycles. The van der Waals surface area contributed by atoms with Crippen LogP contribution in [0.1, 0.15) is 25.2 Å². The van der Waals surface area contributed by atoms with E-state index in [2.05, 4.69) is 19.7 Å². The van der Waals surface area contributed by atoms with Gasteiger partial charge in [-0.1, -0.05) is 0 Å². The summed E-state index contributed by atoms with van der Waals surface area (Å²) in [6, 6.07) is 19.5. The molecule has 4 aromatic rings. The molecular formula is C28H30N6O2Se2. The molecule has 0 unspecified atom stereocenters. The molecule has 5 rings (SSSR count). The average Bonchev–Trinajstić information content (AvgIpc) is 3.56.